The number of hydrogen-bond acceptors (Lipinski definition) is 3. The highest BCUT2D eigenvalue weighted by Crippen LogP contribution is 2.63. The largest absolute Gasteiger partial charge is 0.344 e. The Kier molecular flexibility index (Phi) is 3.21. The molecule has 0 bridgehead atoms. The van der Waals surface area contributed by atoms with Crippen molar-refractivity contribution in [2.75, 3.05) is 0 Å². The van der Waals surface area contributed by atoms with Crippen LogP contribution in [0.5, 0.6) is 0 Å². The van der Waals surface area contributed by atoms with E-state index in [4.69, 9.17) is 9.47 Å². The Bertz CT molecular complexity index is 594. The molecule has 132 valence electrons. The van der Waals surface area contributed by atoms with Gasteiger partial charge >= 0.3 is 0 Å². The third-order valence-corrected chi connectivity index (χ3v) is 8.09. The summed E-state index contributed by atoms with van der Waals surface area (Å²) in [5, 5.41) is 0. The number of carbonyl (C=O) groups is 1. The zero-order chi connectivity index (χ0) is 16.7. The van der Waals surface area contributed by atoms with Crippen LogP contribution < -0.4 is 0 Å². The van der Waals surface area contributed by atoms with Crippen LogP contribution in [0.15, 0.2) is 12.2 Å². The van der Waals surface area contributed by atoms with Crippen molar-refractivity contribution in [1.29, 1.82) is 0 Å². The SMILES string of the molecule is CC1(C)O[C@@H]2C3C=CCCC3C3CC[C@]4(C)C(=O)CCC4C3[C@H]2O1. The predicted octanol–water partition coefficient (Wildman–Crippen LogP) is 4.11. The number of ether oxygens (including phenoxy) is 2. The summed E-state index contributed by atoms with van der Waals surface area (Å²) in [5.41, 5.74) is -0.0981. The van der Waals surface area contributed by atoms with Gasteiger partial charge in [0.05, 0.1) is 12.2 Å². The van der Waals surface area contributed by atoms with Crippen LogP contribution in [-0.4, -0.2) is 23.8 Å². The number of fused-ring (bicyclic) bond motifs is 8. The van der Waals surface area contributed by atoms with Gasteiger partial charge in [-0.25, -0.2) is 0 Å². The second-order valence-corrected chi connectivity index (χ2v) is 9.58. The van der Waals surface area contributed by atoms with Crippen molar-refractivity contribution >= 4 is 5.78 Å². The van der Waals surface area contributed by atoms with E-state index in [-0.39, 0.29) is 17.6 Å². The molecule has 4 fully saturated rings. The van der Waals surface area contributed by atoms with Gasteiger partial charge in [0.1, 0.15) is 5.78 Å². The molecular weight excluding hydrogens is 300 g/mol. The molecule has 8 atom stereocenters. The van der Waals surface area contributed by atoms with Gasteiger partial charge < -0.3 is 9.47 Å². The molecule has 1 heterocycles. The van der Waals surface area contributed by atoms with Crippen LogP contribution in [0, 0.1) is 35.0 Å². The standard InChI is InChI=1S/C21H30O3/c1-20(2)23-18-14-7-5-4-6-12(14)13-10-11-21(3)15(8-9-16(21)22)17(13)19(18)24-20/h5,7,12-15,17-19H,4,6,8-11H2,1-3H3/t12?,13?,14?,15?,17?,18-,19-,21+/m1/s1. The van der Waals surface area contributed by atoms with Crippen molar-refractivity contribution in [3.63, 3.8) is 0 Å². The zero-order valence-electron chi connectivity index (χ0n) is 15.2. The lowest BCUT2D eigenvalue weighted by Crippen LogP contribution is -2.58. The fourth-order valence-corrected chi connectivity index (χ4v) is 7.11. The van der Waals surface area contributed by atoms with E-state index < -0.39 is 5.79 Å². The molecule has 1 aliphatic heterocycles. The Morgan fingerprint density at radius 3 is 2.67 bits per heavy atom. The van der Waals surface area contributed by atoms with Crippen molar-refractivity contribution in [2.24, 2.45) is 35.0 Å². The summed E-state index contributed by atoms with van der Waals surface area (Å²) in [6.45, 7) is 6.36. The third-order valence-electron chi connectivity index (χ3n) is 8.09. The first-order valence-corrected chi connectivity index (χ1v) is 9.96. The van der Waals surface area contributed by atoms with Gasteiger partial charge in [-0.2, -0.15) is 0 Å². The van der Waals surface area contributed by atoms with Gasteiger partial charge in [-0.1, -0.05) is 19.1 Å². The summed E-state index contributed by atoms with van der Waals surface area (Å²) in [6, 6.07) is 0. The maximum atomic E-state index is 12.6. The molecule has 3 nitrogen and oxygen atoms in total. The lowest BCUT2D eigenvalue weighted by molar-refractivity contribution is -0.159. The minimum atomic E-state index is -0.490. The highest BCUT2D eigenvalue weighted by Gasteiger charge is 2.64. The molecule has 0 N–H and O–H groups in total. The van der Waals surface area contributed by atoms with Crippen LogP contribution in [0.1, 0.15) is 59.3 Å². The van der Waals surface area contributed by atoms with E-state index in [2.05, 4.69) is 32.9 Å². The lowest BCUT2D eigenvalue weighted by Gasteiger charge is -2.56. The summed E-state index contributed by atoms with van der Waals surface area (Å²) in [7, 11) is 0. The molecule has 0 aromatic heterocycles. The molecule has 0 amide bonds. The number of rotatable bonds is 0. The van der Waals surface area contributed by atoms with Gasteiger partial charge in [0.25, 0.3) is 0 Å². The molecule has 5 unspecified atom stereocenters. The second-order valence-electron chi connectivity index (χ2n) is 9.58. The fraction of sp³-hybridized carbons (Fsp3) is 0.857. The molecule has 24 heavy (non-hydrogen) atoms. The van der Waals surface area contributed by atoms with Crippen molar-refractivity contribution < 1.29 is 14.3 Å². The molecule has 3 saturated carbocycles. The molecule has 5 rings (SSSR count). The van der Waals surface area contributed by atoms with Crippen LogP contribution in [0.4, 0.5) is 0 Å². The molecular formula is C21H30O3. The smallest absolute Gasteiger partial charge is 0.163 e. The minimum Gasteiger partial charge on any atom is -0.344 e. The maximum Gasteiger partial charge on any atom is 0.163 e. The van der Waals surface area contributed by atoms with Gasteiger partial charge in [-0.3, -0.25) is 4.79 Å². The van der Waals surface area contributed by atoms with Crippen LogP contribution in [0.3, 0.4) is 0 Å². The Morgan fingerprint density at radius 1 is 1.04 bits per heavy atom. The van der Waals surface area contributed by atoms with Gasteiger partial charge in [-0.15, -0.1) is 0 Å². The van der Waals surface area contributed by atoms with Crippen LogP contribution in [0.2, 0.25) is 0 Å². The molecule has 1 saturated heterocycles. The Morgan fingerprint density at radius 2 is 1.83 bits per heavy atom. The van der Waals surface area contributed by atoms with E-state index in [1.54, 1.807) is 0 Å². The number of Topliss-reactive ketones (excluding diaryl/α,β-unsaturated/α-hetero) is 1. The van der Waals surface area contributed by atoms with Gasteiger partial charge in [0, 0.05) is 17.8 Å². The first kappa shape index (κ1) is 15.6. The highest BCUT2D eigenvalue weighted by atomic mass is 16.8. The molecule has 0 spiro atoms. The van der Waals surface area contributed by atoms with Crippen LogP contribution in [0.25, 0.3) is 0 Å². The minimum absolute atomic E-state index is 0.0981. The van der Waals surface area contributed by atoms with Gasteiger partial charge in [-0.05, 0) is 69.6 Å². The van der Waals surface area contributed by atoms with E-state index in [0.717, 1.165) is 25.2 Å². The Labute approximate surface area is 145 Å². The summed E-state index contributed by atoms with van der Waals surface area (Å²) in [4.78, 5) is 12.6. The topological polar surface area (TPSA) is 35.5 Å². The van der Waals surface area contributed by atoms with Crippen LogP contribution >= 0.6 is 0 Å². The zero-order valence-corrected chi connectivity index (χ0v) is 15.2. The molecule has 0 aromatic rings. The van der Waals surface area contributed by atoms with Gasteiger partial charge in [0.15, 0.2) is 5.79 Å². The van der Waals surface area contributed by atoms with Crippen molar-refractivity contribution in [3.05, 3.63) is 12.2 Å². The second kappa shape index (κ2) is 4.94. The first-order valence-electron chi connectivity index (χ1n) is 9.96. The lowest BCUT2D eigenvalue weighted by atomic mass is 9.50. The van der Waals surface area contributed by atoms with Crippen molar-refractivity contribution in [1.82, 2.24) is 0 Å². The average Bonchev–Trinajstić information content (AvgIpc) is 3.03. The van der Waals surface area contributed by atoms with Crippen molar-refractivity contribution in [2.45, 2.75) is 77.3 Å². The third kappa shape index (κ3) is 1.94. The van der Waals surface area contributed by atoms with E-state index >= 15 is 0 Å². The summed E-state index contributed by atoms with van der Waals surface area (Å²) in [6.07, 6.45) is 11.7. The van der Waals surface area contributed by atoms with E-state index in [0.29, 0.717) is 29.5 Å². The van der Waals surface area contributed by atoms with Crippen LogP contribution in [-0.2, 0) is 14.3 Å². The normalized spacial score (nSPS) is 54.8. The van der Waals surface area contributed by atoms with Gasteiger partial charge in [0.2, 0.25) is 0 Å². The van der Waals surface area contributed by atoms with E-state index in [1.807, 2.05) is 0 Å². The Hall–Kier alpha value is -0.670. The fourth-order valence-electron chi connectivity index (χ4n) is 7.11. The number of allylic oxidation sites excluding steroid dienone is 1. The monoisotopic (exact) mass is 330 g/mol. The molecule has 0 aromatic carbocycles. The quantitative estimate of drug-likeness (QED) is 0.627. The first-order chi connectivity index (χ1) is 11.4. The molecule has 0 radical (unpaired) electrons. The predicted molar refractivity (Wildman–Crippen MR) is 91.2 cm³/mol. The summed E-state index contributed by atoms with van der Waals surface area (Å²) >= 11 is 0. The number of carbonyl (C=O) groups excluding carboxylic acids is 1. The number of ketones is 1. The van der Waals surface area contributed by atoms with E-state index in [1.165, 1.54) is 19.3 Å². The average molecular weight is 330 g/mol. The van der Waals surface area contributed by atoms with Crippen molar-refractivity contribution in [3.8, 4) is 0 Å². The number of hydrogen-bond donors (Lipinski definition) is 0. The summed E-state index contributed by atoms with van der Waals surface area (Å²) in [5.74, 6) is 2.97. The maximum absolute atomic E-state index is 12.6. The molecule has 5 aliphatic rings. The highest BCUT2D eigenvalue weighted by molar-refractivity contribution is 5.87. The summed E-state index contributed by atoms with van der Waals surface area (Å²) < 4.78 is 12.9. The van der Waals surface area contributed by atoms with E-state index in [9.17, 15) is 4.79 Å². The Balaban J connectivity index is 1.58. The molecule has 3 heteroatoms. The molecule has 4 aliphatic carbocycles.